The third kappa shape index (κ3) is 4.36. The van der Waals surface area contributed by atoms with Crippen LogP contribution < -0.4 is 4.90 Å². The molecule has 26 heavy (non-hydrogen) atoms. The van der Waals surface area contributed by atoms with Crippen molar-refractivity contribution in [1.82, 2.24) is 19.9 Å². The Balaban J connectivity index is 1.61. The van der Waals surface area contributed by atoms with Crippen molar-refractivity contribution in [2.45, 2.75) is 45.1 Å². The van der Waals surface area contributed by atoms with E-state index in [2.05, 4.69) is 26.8 Å². The molecule has 1 aliphatic rings. The molecule has 0 aliphatic carbocycles. The molecule has 1 unspecified atom stereocenters. The zero-order valence-electron chi connectivity index (χ0n) is 15.6. The normalized spacial score (nSPS) is 17.2. The summed E-state index contributed by atoms with van der Waals surface area (Å²) in [5.41, 5.74) is 1.71. The predicted octanol–water partition coefficient (Wildman–Crippen LogP) is 2.96. The van der Waals surface area contributed by atoms with E-state index >= 15 is 0 Å². The van der Waals surface area contributed by atoms with Crippen LogP contribution in [0.25, 0.3) is 0 Å². The molecule has 2 aromatic heterocycles. The van der Waals surface area contributed by atoms with Crippen LogP contribution in [-0.4, -0.2) is 51.9 Å². The Morgan fingerprint density at radius 3 is 2.65 bits per heavy atom. The summed E-state index contributed by atoms with van der Waals surface area (Å²) in [5.74, 6) is 0.698. The van der Waals surface area contributed by atoms with Gasteiger partial charge in [0, 0.05) is 51.0 Å². The molecule has 1 aliphatic heterocycles. The van der Waals surface area contributed by atoms with Crippen LogP contribution in [0.4, 0.5) is 5.95 Å². The van der Waals surface area contributed by atoms with Crippen LogP contribution in [0, 0.1) is 0 Å². The number of nitrogens with zero attached hydrogens (tertiary/aromatic N) is 5. The molecule has 3 heterocycles. The largest absolute Gasteiger partial charge is 0.341 e. The Labute approximate surface area is 155 Å². The maximum atomic E-state index is 12.6. The van der Waals surface area contributed by atoms with Gasteiger partial charge in [-0.1, -0.05) is 6.92 Å². The summed E-state index contributed by atoms with van der Waals surface area (Å²) in [7, 11) is 1.81. The Hall–Kier alpha value is -2.50. The lowest BCUT2D eigenvalue weighted by Gasteiger charge is -2.35. The van der Waals surface area contributed by atoms with Crippen LogP contribution in [0.3, 0.4) is 0 Å². The fourth-order valence-corrected chi connectivity index (χ4v) is 3.44. The average Bonchev–Trinajstić information content (AvgIpc) is 2.72. The van der Waals surface area contributed by atoms with Crippen molar-refractivity contribution in [3.8, 4) is 0 Å². The molecule has 0 spiro atoms. The van der Waals surface area contributed by atoms with Gasteiger partial charge in [0.05, 0.1) is 5.56 Å². The second-order valence-corrected chi connectivity index (χ2v) is 6.86. The second kappa shape index (κ2) is 8.74. The van der Waals surface area contributed by atoms with Crippen molar-refractivity contribution in [3.05, 3.63) is 48.0 Å². The molecule has 2 aromatic rings. The van der Waals surface area contributed by atoms with E-state index in [1.54, 1.807) is 29.7 Å². The number of likely N-dealkylation sites (N-methyl/N-ethyl adjacent to an activating group) is 1. The topological polar surface area (TPSA) is 62.2 Å². The van der Waals surface area contributed by atoms with Crippen molar-refractivity contribution >= 4 is 11.9 Å². The number of pyridine rings is 1. The summed E-state index contributed by atoms with van der Waals surface area (Å²) in [6, 6.07) is 4.45. The fourth-order valence-electron chi connectivity index (χ4n) is 3.44. The minimum atomic E-state index is -0.0451. The summed E-state index contributed by atoms with van der Waals surface area (Å²) in [5, 5.41) is 0. The molecule has 0 saturated carbocycles. The standard InChI is InChI=1S/C20H27N5O/c1-3-18-6-4-5-12-25(18)20-22-14-17(15-23-20)19(26)24(2)13-9-16-7-10-21-11-8-16/h7-8,10-11,14-15,18H,3-6,9,12-13H2,1-2H3. The fraction of sp³-hybridized carbons (Fsp3) is 0.500. The van der Waals surface area contributed by atoms with E-state index in [0.29, 0.717) is 18.2 Å². The van der Waals surface area contributed by atoms with Crippen LogP contribution in [0.15, 0.2) is 36.9 Å². The van der Waals surface area contributed by atoms with E-state index in [9.17, 15) is 4.79 Å². The second-order valence-electron chi connectivity index (χ2n) is 6.86. The van der Waals surface area contributed by atoms with E-state index in [1.807, 2.05) is 19.2 Å². The van der Waals surface area contributed by atoms with Crippen molar-refractivity contribution < 1.29 is 4.79 Å². The number of piperidine rings is 1. The maximum Gasteiger partial charge on any atom is 0.256 e. The highest BCUT2D eigenvalue weighted by atomic mass is 16.2. The number of hydrogen-bond acceptors (Lipinski definition) is 5. The third-order valence-electron chi connectivity index (χ3n) is 5.07. The maximum absolute atomic E-state index is 12.6. The number of hydrogen-bond donors (Lipinski definition) is 0. The summed E-state index contributed by atoms with van der Waals surface area (Å²) in [4.78, 5) is 29.6. The number of rotatable bonds is 6. The van der Waals surface area contributed by atoms with E-state index in [-0.39, 0.29) is 5.91 Å². The smallest absolute Gasteiger partial charge is 0.256 e. The zero-order valence-corrected chi connectivity index (χ0v) is 15.6. The first-order chi connectivity index (χ1) is 12.7. The Kier molecular flexibility index (Phi) is 6.15. The highest BCUT2D eigenvalue weighted by molar-refractivity contribution is 5.93. The Morgan fingerprint density at radius 2 is 1.96 bits per heavy atom. The first-order valence-electron chi connectivity index (χ1n) is 9.42. The molecule has 3 rings (SSSR count). The summed E-state index contributed by atoms with van der Waals surface area (Å²) in [6.45, 7) is 3.85. The minimum absolute atomic E-state index is 0.0451. The lowest BCUT2D eigenvalue weighted by molar-refractivity contribution is 0.0796. The van der Waals surface area contributed by atoms with Crippen LogP contribution in [0.1, 0.15) is 48.5 Å². The van der Waals surface area contributed by atoms with Gasteiger partial charge in [0.25, 0.3) is 5.91 Å². The van der Waals surface area contributed by atoms with Gasteiger partial charge in [-0.2, -0.15) is 0 Å². The molecule has 1 saturated heterocycles. The third-order valence-corrected chi connectivity index (χ3v) is 5.07. The average molecular weight is 353 g/mol. The molecule has 1 atom stereocenters. The van der Waals surface area contributed by atoms with Gasteiger partial charge in [0.2, 0.25) is 5.95 Å². The number of anilines is 1. The first kappa shape index (κ1) is 18.3. The van der Waals surface area contributed by atoms with Gasteiger partial charge in [0.15, 0.2) is 0 Å². The van der Waals surface area contributed by atoms with Gasteiger partial charge in [-0.05, 0) is 49.8 Å². The highest BCUT2D eigenvalue weighted by Gasteiger charge is 2.23. The molecule has 1 fully saturated rings. The van der Waals surface area contributed by atoms with Crippen molar-refractivity contribution in [2.24, 2.45) is 0 Å². The van der Waals surface area contributed by atoms with Crippen LogP contribution in [0.5, 0.6) is 0 Å². The van der Waals surface area contributed by atoms with Crippen molar-refractivity contribution in [3.63, 3.8) is 0 Å². The predicted molar refractivity (Wildman–Crippen MR) is 102 cm³/mol. The molecule has 0 radical (unpaired) electrons. The van der Waals surface area contributed by atoms with E-state index in [0.717, 1.165) is 25.3 Å². The van der Waals surface area contributed by atoms with Crippen molar-refractivity contribution in [2.75, 3.05) is 25.0 Å². The summed E-state index contributed by atoms with van der Waals surface area (Å²) in [6.07, 6.45) is 12.4. The number of carbonyl (C=O) groups excluding carboxylic acids is 1. The molecule has 138 valence electrons. The van der Waals surface area contributed by atoms with Gasteiger partial charge in [-0.25, -0.2) is 9.97 Å². The summed E-state index contributed by atoms with van der Waals surface area (Å²) < 4.78 is 0. The van der Waals surface area contributed by atoms with Crippen LogP contribution in [-0.2, 0) is 6.42 Å². The van der Waals surface area contributed by atoms with Crippen LogP contribution in [0.2, 0.25) is 0 Å². The number of amides is 1. The van der Waals surface area contributed by atoms with Crippen LogP contribution >= 0.6 is 0 Å². The monoisotopic (exact) mass is 353 g/mol. The van der Waals surface area contributed by atoms with Gasteiger partial charge in [0.1, 0.15) is 0 Å². The van der Waals surface area contributed by atoms with Gasteiger partial charge < -0.3 is 9.80 Å². The van der Waals surface area contributed by atoms with Crippen molar-refractivity contribution in [1.29, 1.82) is 0 Å². The lowest BCUT2D eigenvalue weighted by Crippen LogP contribution is -2.40. The molecule has 0 bridgehead atoms. The molecule has 1 amide bonds. The minimum Gasteiger partial charge on any atom is -0.341 e. The molecule has 0 N–H and O–H groups in total. The molecule has 6 heteroatoms. The SMILES string of the molecule is CCC1CCCCN1c1ncc(C(=O)N(C)CCc2ccncc2)cn1. The van der Waals surface area contributed by atoms with Gasteiger partial charge >= 0.3 is 0 Å². The zero-order chi connectivity index (χ0) is 18.4. The Morgan fingerprint density at radius 1 is 1.23 bits per heavy atom. The molecule has 6 nitrogen and oxygen atoms in total. The summed E-state index contributed by atoms with van der Waals surface area (Å²) >= 11 is 0. The Bertz CT molecular complexity index is 704. The molecule has 0 aromatic carbocycles. The van der Waals surface area contributed by atoms with Gasteiger partial charge in [-0.3, -0.25) is 9.78 Å². The molecular formula is C20H27N5O. The molecular weight excluding hydrogens is 326 g/mol. The van der Waals surface area contributed by atoms with E-state index in [4.69, 9.17) is 0 Å². The quantitative estimate of drug-likeness (QED) is 0.799. The number of carbonyl (C=O) groups is 1. The van der Waals surface area contributed by atoms with Gasteiger partial charge in [-0.15, -0.1) is 0 Å². The number of aromatic nitrogens is 3. The lowest BCUT2D eigenvalue weighted by atomic mass is 10.0. The van der Waals surface area contributed by atoms with E-state index in [1.165, 1.54) is 24.8 Å². The van der Waals surface area contributed by atoms with E-state index < -0.39 is 0 Å². The highest BCUT2D eigenvalue weighted by Crippen LogP contribution is 2.23. The first-order valence-corrected chi connectivity index (χ1v) is 9.42.